The summed E-state index contributed by atoms with van der Waals surface area (Å²) in [5.41, 5.74) is 6.95. The Bertz CT molecular complexity index is 264. The number of aryl methyl sites for hydroxylation is 1. The van der Waals surface area contributed by atoms with Crippen LogP contribution in [0.4, 0.5) is 0 Å². The zero-order valence-corrected chi connectivity index (χ0v) is 9.70. The molecule has 1 aromatic rings. The van der Waals surface area contributed by atoms with Gasteiger partial charge in [0.1, 0.15) is 11.9 Å². The van der Waals surface area contributed by atoms with E-state index in [1.165, 1.54) is 12.0 Å². The van der Waals surface area contributed by atoms with E-state index in [0.717, 1.165) is 18.6 Å². The minimum absolute atomic E-state index is 0.141. The van der Waals surface area contributed by atoms with Crippen LogP contribution < -0.4 is 10.5 Å². The van der Waals surface area contributed by atoms with E-state index >= 15 is 0 Å². The van der Waals surface area contributed by atoms with Crippen LogP contribution in [0.5, 0.6) is 5.75 Å². The highest BCUT2D eigenvalue weighted by molar-refractivity contribution is 5.27. The van der Waals surface area contributed by atoms with Crippen molar-refractivity contribution in [3.63, 3.8) is 0 Å². The first-order valence-corrected chi connectivity index (χ1v) is 5.75. The SMILES string of the molecule is CCCc1ccc(OC(CC)CN)cc1. The van der Waals surface area contributed by atoms with Gasteiger partial charge in [-0.25, -0.2) is 0 Å². The lowest BCUT2D eigenvalue weighted by molar-refractivity contribution is 0.205. The lowest BCUT2D eigenvalue weighted by Crippen LogP contribution is -2.25. The molecule has 0 amide bonds. The lowest BCUT2D eigenvalue weighted by Gasteiger charge is -2.15. The first-order chi connectivity index (χ1) is 7.30. The van der Waals surface area contributed by atoms with Gasteiger partial charge in [0.25, 0.3) is 0 Å². The number of nitrogens with two attached hydrogens (primary N) is 1. The van der Waals surface area contributed by atoms with Crippen molar-refractivity contribution in [1.29, 1.82) is 0 Å². The Morgan fingerprint density at radius 1 is 1.20 bits per heavy atom. The normalized spacial score (nSPS) is 12.5. The highest BCUT2D eigenvalue weighted by atomic mass is 16.5. The second-order valence-corrected chi connectivity index (χ2v) is 3.78. The molecule has 0 aromatic heterocycles. The molecule has 0 aliphatic heterocycles. The molecule has 1 aromatic carbocycles. The van der Waals surface area contributed by atoms with Gasteiger partial charge in [-0.15, -0.1) is 0 Å². The maximum Gasteiger partial charge on any atom is 0.119 e. The molecule has 0 spiro atoms. The molecule has 0 saturated heterocycles. The molecule has 2 heteroatoms. The molecule has 15 heavy (non-hydrogen) atoms. The molecule has 2 N–H and O–H groups in total. The number of hydrogen-bond acceptors (Lipinski definition) is 2. The van der Waals surface area contributed by atoms with Gasteiger partial charge in [0.2, 0.25) is 0 Å². The highest BCUT2D eigenvalue weighted by Gasteiger charge is 2.04. The summed E-state index contributed by atoms with van der Waals surface area (Å²) in [4.78, 5) is 0. The number of rotatable bonds is 6. The van der Waals surface area contributed by atoms with Crippen LogP contribution in [-0.2, 0) is 6.42 Å². The fraction of sp³-hybridized carbons (Fsp3) is 0.538. The first-order valence-electron chi connectivity index (χ1n) is 5.75. The molecule has 84 valence electrons. The average molecular weight is 207 g/mol. The zero-order chi connectivity index (χ0) is 11.1. The zero-order valence-electron chi connectivity index (χ0n) is 9.70. The van der Waals surface area contributed by atoms with Crippen molar-refractivity contribution < 1.29 is 4.74 Å². The van der Waals surface area contributed by atoms with Crippen LogP contribution in [0.25, 0.3) is 0 Å². The van der Waals surface area contributed by atoms with Gasteiger partial charge in [-0.2, -0.15) is 0 Å². The quantitative estimate of drug-likeness (QED) is 0.778. The fourth-order valence-corrected chi connectivity index (χ4v) is 1.51. The maximum atomic E-state index is 5.72. The standard InChI is InChI=1S/C13H21NO/c1-3-5-11-6-8-13(9-7-11)15-12(4-2)10-14/h6-9,12H,3-5,10,14H2,1-2H3. The predicted octanol–water partition coefficient (Wildman–Crippen LogP) is 2.76. The topological polar surface area (TPSA) is 35.2 Å². The van der Waals surface area contributed by atoms with Crippen LogP contribution in [0.2, 0.25) is 0 Å². The van der Waals surface area contributed by atoms with E-state index in [9.17, 15) is 0 Å². The summed E-state index contributed by atoms with van der Waals surface area (Å²) in [5, 5.41) is 0. The third kappa shape index (κ3) is 3.92. The van der Waals surface area contributed by atoms with Crippen molar-refractivity contribution >= 4 is 0 Å². The van der Waals surface area contributed by atoms with Crippen molar-refractivity contribution in [3.05, 3.63) is 29.8 Å². The molecule has 1 unspecified atom stereocenters. The predicted molar refractivity (Wildman–Crippen MR) is 64.2 cm³/mol. The largest absolute Gasteiger partial charge is 0.489 e. The van der Waals surface area contributed by atoms with Crippen LogP contribution in [0.1, 0.15) is 32.3 Å². The van der Waals surface area contributed by atoms with E-state index in [0.29, 0.717) is 6.54 Å². The van der Waals surface area contributed by atoms with Crippen LogP contribution >= 0.6 is 0 Å². The molecule has 0 bridgehead atoms. The van der Waals surface area contributed by atoms with E-state index in [1.54, 1.807) is 0 Å². The smallest absolute Gasteiger partial charge is 0.119 e. The van der Waals surface area contributed by atoms with Gasteiger partial charge in [-0.3, -0.25) is 0 Å². The van der Waals surface area contributed by atoms with Gasteiger partial charge in [0.15, 0.2) is 0 Å². The summed E-state index contributed by atoms with van der Waals surface area (Å²) in [6.07, 6.45) is 3.41. The van der Waals surface area contributed by atoms with Gasteiger partial charge in [-0.1, -0.05) is 32.4 Å². The highest BCUT2D eigenvalue weighted by Crippen LogP contribution is 2.15. The molecule has 0 aliphatic carbocycles. The second kappa shape index (κ2) is 6.46. The van der Waals surface area contributed by atoms with Crippen molar-refractivity contribution in [2.75, 3.05) is 6.54 Å². The number of benzene rings is 1. The molecular weight excluding hydrogens is 186 g/mol. The van der Waals surface area contributed by atoms with Crippen LogP contribution in [-0.4, -0.2) is 12.6 Å². The van der Waals surface area contributed by atoms with Crippen LogP contribution in [0, 0.1) is 0 Å². The summed E-state index contributed by atoms with van der Waals surface area (Å²) >= 11 is 0. The summed E-state index contributed by atoms with van der Waals surface area (Å²) in [5.74, 6) is 0.923. The molecule has 1 rings (SSSR count). The average Bonchev–Trinajstić information content (AvgIpc) is 2.28. The maximum absolute atomic E-state index is 5.72. The van der Waals surface area contributed by atoms with E-state index in [-0.39, 0.29) is 6.10 Å². The Balaban J connectivity index is 2.55. The summed E-state index contributed by atoms with van der Waals surface area (Å²) in [6.45, 7) is 4.85. The van der Waals surface area contributed by atoms with Crippen molar-refractivity contribution in [1.82, 2.24) is 0 Å². The van der Waals surface area contributed by atoms with E-state index in [1.807, 2.05) is 12.1 Å². The van der Waals surface area contributed by atoms with Gasteiger partial charge in [0.05, 0.1) is 0 Å². The van der Waals surface area contributed by atoms with Crippen molar-refractivity contribution in [2.45, 2.75) is 39.2 Å². The molecule has 2 nitrogen and oxygen atoms in total. The van der Waals surface area contributed by atoms with Gasteiger partial charge in [-0.05, 0) is 30.5 Å². The van der Waals surface area contributed by atoms with Crippen LogP contribution in [0.15, 0.2) is 24.3 Å². The first kappa shape index (κ1) is 12.1. The Morgan fingerprint density at radius 3 is 2.33 bits per heavy atom. The minimum atomic E-state index is 0.141. The number of ether oxygens (including phenoxy) is 1. The number of hydrogen-bond donors (Lipinski definition) is 1. The third-order valence-electron chi connectivity index (χ3n) is 2.48. The van der Waals surface area contributed by atoms with E-state index < -0.39 is 0 Å². The summed E-state index contributed by atoms with van der Waals surface area (Å²) in [7, 11) is 0. The van der Waals surface area contributed by atoms with E-state index in [2.05, 4.69) is 26.0 Å². The fourth-order valence-electron chi connectivity index (χ4n) is 1.51. The van der Waals surface area contributed by atoms with Gasteiger partial charge >= 0.3 is 0 Å². The Labute approximate surface area is 92.4 Å². The second-order valence-electron chi connectivity index (χ2n) is 3.78. The molecule has 0 radical (unpaired) electrons. The third-order valence-corrected chi connectivity index (χ3v) is 2.48. The Kier molecular flexibility index (Phi) is 5.19. The molecule has 0 saturated carbocycles. The molecular formula is C13H21NO. The van der Waals surface area contributed by atoms with Crippen molar-refractivity contribution in [3.8, 4) is 5.75 Å². The van der Waals surface area contributed by atoms with Gasteiger partial charge in [0, 0.05) is 6.54 Å². The Hall–Kier alpha value is -1.02. The lowest BCUT2D eigenvalue weighted by atomic mass is 10.1. The molecule has 1 atom stereocenters. The molecule has 0 aliphatic rings. The van der Waals surface area contributed by atoms with Gasteiger partial charge < -0.3 is 10.5 Å². The minimum Gasteiger partial charge on any atom is -0.489 e. The molecule has 0 heterocycles. The molecule has 0 fully saturated rings. The summed E-state index contributed by atoms with van der Waals surface area (Å²) in [6, 6.07) is 8.32. The van der Waals surface area contributed by atoms with Crippen LogP contribution in [0.3, 0.4) is 0 Å². The van der Waals surface area contributed by atoms with E-state index in [4.69, 9.17) is 10.5 Å². The monoisotopic (exact) mass is 207 g/mol. The summed E-state index contributed by atoms with van der Waals surface area (Å²) < 4.78 is 5.72. The Morgan fingerprint density at radius 2 is 1.87 bits per heavy atom. The van der Waals surface area contributed by atoms with Crippen molar-refractivity contribution in [2.24, 2.45) is 5.73 Å².